The summed E-state index contributed by atoms with van der Waals surface area (Å²) in [7, 11) is 0. The molecule has 0 saturated carbocycles. The largest absolute Gasteiger partial charge is 0.397 e. The van der Waals surface area contributed by atoms with Crippen LogP contribution in [0.2, 0.25) is 0 Å². The summed E-state index contributed by atoms with van der Waals surface area (Å²) in [6, 6.07) is 5.57. The Morgan fingerprint density at radius 1 is 1.38 bits per heavy atom. The summed E-state index contributed by atoms with van der Waals surface area (Å²) in [5, 5.41) is 6.16. The van der Waals surface area contributed by atoms with Gasteiger partial charge >= 0.3 is 0 Å². The number of hydrogen-bond acceptors (Lipinski definition) is 3. The lowest BCUT2D eigenvalue weighted by atomic mass is 10.2. The van der Waals surface area contributed by atoms with Gasteiger partial charge in [0.25, 0.3) is 5.91 Å². The van der Waals surface area contributed by atoms with E-state index < -0.39 is 5.82 Å². The molecule has 1 heterocycles. The van der Waals surface area contributed by atoms with Gasteiger partial charge < -0.3 is 11.1 Å². The van der Waals surface area contributed by atoms with Crippen molar-refractivity contribution in [3.8, 4) is 0 Å². The Balaban J connectivity index is 2.18. The third kappa shape index (κ3) is 2.20. The Kier molecular flexibility index (Phi) is 2.87. The minimum absolute atomic E-state index is 0.212. The van der Waals surface area contributed by atoms with Crippen LogP contribution in [0.5, 0.6) is 0 Å². The number of rotatable bonds is 2. The second-order valence-corrected chi connectivity index (χ2v) is 3.98. The number of halogens is 1. The van der Waals surface area contributed by atoms with Crippen LogP contribution < -0.4 is 11.1 Å². The van der Waals surface area contributed by atoms with E-state index in [9.17, 15) is 9.18 Å². The van der Waals surface area contributed by atoms with Crippen LogP contribution in [0, 0.1) is 5.82 Å². The molecular weight excluding hydrogens is 227 g/mol. The monoisotopic (exact) mass is 236 g/mol. The average Bonchev–Trinajstić information content (AvgIpc) is 2.75. The maximum Gasteiger partial charge on any atom is 0.256 e. The first kappa shape index (κ1) is 10.6. The van der Waals surface area contributed by atoms with Crippen molar-refractivity contribution in [3.05, 3.63) is 46.4 Å². The van der Waals surface area contributed by atoms with E-state index in [2.05, 4.69) is 5.32 Å². The van der Waals surface area contributed by atoms with Gasteiger partial charge in [0.1, 0.15) is 5.82 Å². The molecule has 0 saturated heterocycles. The molecule has 0 radical (unpaired) electrons. The van der Waals surface area contributed by atoms with Crippen molar-refractivity contribution in [2.45, 2.75) is 0 Å². The predicted octanol–water partition coefficient (Wildman–Crippen LogP) is 2.72. The minimum atomic E-state index is -0.425. The fourth-order valence-corrected chi connectivity index (χ4v) is 1.87. The molecule has 0 fully saturated rings. The Labute approximate surface area is 95.7 Å². The molecule has 0 aliphatic rings. The second-order valence-electron chi connectivity index (χ2n) is 3.20. The molecule has 0 aliphatic carbocycles. The summed E-state index contributed by atoms with van der Waals surface area (Å²) in [6.45, 7) is 0. The quantitative estimate of drug-likeness (QED) is 0.788. The van der Waals surface area contributed by atoms with Crippen LogP contribution in [-0.2, 0) is 0 Å². The number of benzene rings is 1. The molecule has 16 heavy (non-hydrogen) atoms. The van der Waals surface area contributed by atoms with Crippen molar-refractivity contribution in [2.24, 2.45) is 0 Å². The number of nitrogens with one attached hydrogen (secondary N) is 1. The minimum Gasteiger partial charge on any atom is -0.397 e. The number of anilines is 2. The van der Waals surface area contributed by atoms with Crippen molar-refractivity contribution >= 4 is 28.6 Å². The highest BCUT2D eigenvalue weighted by Crippen LogP contribution is 2.20. The number of hydrogen-bond donors (Lipinski definition) is 2. The van der Waals surface area contributed by atoms with Gasteiger partial charge in [-0.1, -0.05) is 0 Å². The number of thiophene rings is 1. The fraction of sp³-hybridized carbons (Fsp3) is 0. The first-order valence-electron chi connectivity index (χ1n) is 4.55. The summed E-state index contributed by atoms with van der Waals surface area (Å²) in [4.78, 5) is 11.7. The molecule has 1 amide bonds. The van der Waals surface area contributed by atoms with Gasteiger partial charge in [0.15, 0.2) is 0 Å². The van der Waals surface area contributed by atoms with Crippen molar-refractivity contribution < 1.29 is 9.18 Å². The van der Waals surface area contributed by atoms with Crippen molar-refractivity contribution in [3.63, 3.8) is 0 Å². The average molecular weight is 236 g/mol. The van der Waals surface area contributed by atoms with E-state index in [0.29, 0.717) is 11.3 Å². The van der Waals surface area contributed by atoms with Crippen molar-refractivity contribution in [2.75, 3.05) is 11.1 Å². The number of carbonyl (C=O) groups excluding carboxylic acids is 1. The van der Waals surface area contributed by atoms with Crippen molar-refractivity contribution in [1.29, 1.82) is 0 Å². The van der Waals surface area contributed by atoms with Crippen LogP contribution in [0.1, 0.15) is 10.4 Å². The zero-order valence-electron chi connectivity index (χ0n) is 8.24. The van der Waals surface area contributed by atoms with Crippen LogP contribution in [0.25, 0.3) is 0 Å². The summed E-state index contributed by atoms with van der Waals surface area (Å²) in [5.74, 6) is -0.675. The molecule has 0 unspecified atom stereocenters. The zero-order chi connectivity index (χ0) is 11.5. The van der Waals surface area contributed by atoms with Crippen LogP contribution in [-0.4, -0.2) is 5.91 Å². The van der Waals surface area contributed by atoms with Crippen molar-refractivity contribution in [1.82, 2.24) is 0 Å². The standard InChI is InChI=1S/C11H9FN2OS/c12-8-1-2-10(9(13)5-8)14-11(15)7-3-4-16-6-7/h1-6H,13H2,(H,14,15). The van der Waals surface area contributed by atoms with Gasteiger partial charge in [0.2, 0.25) is 0 Å². The van der Waals surface area contributed by atoms with Crippen LogP contribution >= 0.6 is 11.3 Å². The number of carbonyl (C=O) groups is 1. The molecule has 2 rings (SSSR count). The number of amides is 1. The molecule has 0 aliphatic heterocycles. The molecule has 1 aromatic heterocycles. The second kappa shape index (κ2) is 4.32. The lowest BCUT2D eigenvalue weighted by Gasteiger charge is -2.06. The predicted molar refractivity (Wildman–Crippen MR) is 63.1 cm³/mol. The van der Waals surface area contributed by atoms with Gasteiger partial charge in [-0.15, -0.1) is 0 Å². The number of nitrogen functional groups attached to an aromatic ring is 1. The van der Waals surface area contributed by atoms with E-state index in [1.807, 2.05) is 5.38 Å². The first-order chi connectivity index (χ1) is 7.66. The van der Waals surface area contributed by atoms with Crippen LogP contribution in [0.3, 0.4) is 0 Å². The Hall–Kier alpha value is -1.88. The normalized spacial score (nSPS) is 10.1. The maximum absolute atomic E-state index is 12.8. The van der Waals surface area contributed by atoms with E-state index in [1.54, 1.807) is 11.4 Å². The van der Waals surface area contributed by atoms with Gasteiger partial charge in [0.05, 0.1) is 16.9 Å². The molecule has 82 valence electrons. The van der Waals surface area contributed by atoms with E-state index in [1.165, 1.54) is 29.5 Å². The smallest absolute Gasteiger partial charge is 0.256 e. The lowest BCUT2D eigenvalue weighted by Crippen LogP contribution is -2.12. The Morgan fingerprint density at radius 3 is 2.81 bits per heavy atom. The molecule has 0 spiro atoms. The highest BCUT2D eigenvalue weighted by Gasteiger charge is 2.08. The highest BCUT2D eigenvalue weighted by atomic mass is 32.1. The first-order valence-corrected chi connectivity index (χ1v) is 5.49. The van der Waals surface area contributed by atoms with E-state index in [0.717, 1.165) is 0 Å². The molecule has 3 nitrogen and oxygen atoms in total. The molecule has 0 bridgehead atoms. The summed E-state index contributed by atoms with van der Waals surface area (Å²) < 4.78 is 12.8. The maximum atomic E-state index is 12.8. The molecule has 0 atom stereocenters. The van der Waals surface area contributed by atoms with E-state index in [4.69, 9.17) is 5.73 Å². The van der Waals surface area contributed by atoms with E-state index >= 15 is 0 Å². The third-order valence-corrected chi connectivity index (χ3v) is 2.73. The van der Waals surface area contributed by atoms with Crippen LogP contribution in [0.15, 0.2) is 35.0 Å². The topological polar surface area (TPSA) is 55.1 Å². The summed E-state index contributed by atoms with van der Waals surface area (Å²) in [6.07, 6.45) is 0. The molecule has 5 heteroatoms. The van der Waals surface area contributed by atoms with E-state index in [-0.39, 0.29) is 11.6 Å². The van der Waals surface area contributed by atoms with Gasteiger partial charge in [-0.05, 0) is 29.6 Å². The molecular formula is C11H9FN2OS. The molecule has 2 aromatic rings. The lowest BCUT2D eigenvalue weighted by molar-refractivity contribution is 0.102. The van der Waals surface area contributed by atoms with Crippen LogP contribution in [0.4, 0.5) is 15.8 Å². The SMILES string of the molecule is Nc1cc(F)ccc1NC(=O)c1ccsc1. The Morgan fingerprint density at radius 2 is 2.19 bits per heavy atom. The Bertz CT molecular complexity index is 511. The molecule has 3 N–H and O–H groups in total. The highest BCUT2D eigenvalue weighted by molar-refractivity contribution is 7.08. The van der Waals surface area contributed by atoms with Gasteiger partial charge in [-0.2, -0.15) is 11.3 Å². The van der Waals surface area contributed by atoms with Gasteiger partial charge in [0, 0.05) is 5.38 Å². The third-order valence-electron chi connectivity index (χ3n) is 2.05. The van der Waals surface area contributed by atoms with Gasteiger partial charge in [-0.25, -0.2) is 4.39 Å². The summed E-state index contributed by atoms with van der Waals surface area (Å²) >= 11 is 1.43. The van der Waals surface area contributed by atoms with Gasteiger partial charge in [-0.3, -0.25) is 4.79 Å². The molecule has 1 aromatic carbocycles. The fourth-order valence-electron chi connectivity index (χ4n) is 1.24. The summed E-state index contributed by atoms with van der Waals surface area (Å²) in [5.41, 5.74) is 6.76. The number of nitrogens with two attached hydrogens (primary N) is 1. The zero-order valence-corrected chi connectivity index (χ0v) is 9.05.